The topological polar surface area (TPSA) is 57.5 Å². The summed E-state index contributed by atoms with van der Waals surface area (Å²) in [4.78, 5) is 24.1. The minimum absolute atomic E-state index is 0.130. The average Bonchev–Trinajstić information content (AvgIpc) is 2.55. The maximum absolute atomic E-state index is 13.9. The Morgan fingerprint density at radius 1 is 1.35 bits per heavy atom. The van der Waals surface area contributed by atoms with Crippen LogP contribution in [0.4, 0.5) is 13.2 Å². The number of pyridine rings is 1. The molecule has 0 saturated carbocycles. The number of rotatable bonds is 4. The number of carbonyl (C=O) groups is 1. The van der Waals surface area contributed by atoms with Gasteiger partial charge in [-0.1, -0.05) is 0 Å². The van der Waals surface area contributed by atoms with Gasteiger partial charge in [0.05, 0.1) is 31.2 Å². The van der Waals surface area contributed by atoms with Gasteiger partial charge in [-0.05, 0) is 13.0 Å². The monoisotopic (exact) mass is 329 g/mol. The normalized spacial score (nSPS) is 12.3. The molecular weight excluding hydrogens is 315 g/mol. The number of nitrogens with zero attached hydrogens (tertiary/aromatic N) is 1. The quantitative estimate of drug-likeness (QED) is 0.809. The highest BCUT2D eigenvalue weighted by Gasteiger charge is 2.24. The van der Waals surface area contributed by atoms with E-state index in [1.165, 1.54) is 6.92 Å². The van der Waals surface area contributed by atoms with Crippen LogP contribution in [0, 0.1) is 11.6 Å². The minimum Gasteiger partial charge on any atom is -0.491 e. The van der Waals surface area contributed by atoms with Crippen LogP contribution in [0.25, 0.3) is 10.9 Å². The zero-order chi connectivity index (χ0) is 17.3. The highest BCUT2D eigenvalue weighted by atomic mass is 19.2. The number of benzene rings is 1. The van der Waals surface area contributed by atoms with Crippen molar-refractivity contribution in [1.29, 1.82) is 0 Å². The number of halogens is 3. The summed E-state index contributed by atoms with van der Waals surface area (Å²) in [6.45, 7) is 0.590. The van der Waals surface area contributed by atoms with Gasteiger partial charge in [0, 0.05) is 6.20 Å². The van der Waals surface area contributed by atoms with E-state index in [1.807, 2.05) is 0 Å². The Hall–Kier alpha value is -2.51. The third kappa shape index (κ3) is 2.64. The first-order chi connectivity index (χ1) is 10.9. The third-order valence-electron chi connectivity index (χ3n) is 3.47. The Bertz CT molecular complexity index is 832. The van der Waals surface area contributed by atoms with Gasteiger partial charge < -0.3 is 14.0 Å². The van der Waals surface area contributed by atoms with E-state index in [-0.39, 0.29) is 10.9 Å². The molecular formula is C15H14F3NO4. The van der Waals surface area contributed by atoms with Crippen molar-refractivity contribution in [3.05, 3.63) is 39.7 Å². The molecule has 0 fully saturated rings. The second kappa shape index (κ2) is 6.31. The summed E-state index contributed by atoms with van der Waals surface area (Å²) in [5.41, 5.74) is -1.39. The van der Waals surface area contributed by atoms with Gasteiger partial charge in [0.15, 0.2) is 11.6 Å². The molecule has 0 amide bonds. The summed E-state index contributed by atoms with van der Waals surface area (Å²) < 4.78 is 51.3. The molecule has 5 nitrogen and oxygen atoms in total. The fourth-order valence-electron chi connectivity index (χ4n) is 2.29. The summed E-state index contributed by atoms with van der Waals surface area (Å²) in [6, 6.07) is -0.191. The Balaban J connectivity index is 3.05. The van der Waals surface area contributed by atoms with Crippen LogP contribution >= 0.6 is 0 Å². The van der Waals surface area contributed by atoms with E-state index in [0.29, 0.717) is 6.07 Å². The second-order valence-corrected chi connectivity index (χ2v) is 4.88. The van der Waals surface area contributed by atoms with Crippen LogP contribution in [0.5, 0.6) is 5.75 Å². The molecule has 1 unspecified atom stereocenters. The van der Waals surface area contributed by atoms with E-state index in [9.17, 15) is 22.8 Å². The lowest BCUT2D eigenvalue weighted by Gasteiger charge is -2.19. The van der Waals surface area contributed by atoms with Crippen molar-refractivity contribution in [2.75, 3.05) is 20.9 Å². The number of alkyl halides is 1. The van der Waals surface area contributed by atoms with Crippen molar-refractivity contribution >= 4 is 16.9 Å². The molecule has 8 heteroatoms. The second-order valence-electron chi connectivity index (χ2n) is 4.88. The number of ether oxygens (including phenoxy) is 2. The van der Waals surface area contributed by atoms with Gasteiger partial charge in [0.25, 0.3) is 0 Å². The summed E-state index contributed by atoms with van der Waals surface area (Å²) in [7, 11) is 2.17. The Kier molecular flexibility index (Phi) is 4.63. The minimum atomic E-state index is -1.31. The molecule has 1 atom stereocenters. The van der Waals surface area contributed by atoms with Crippen LogP contribution in [0.2, 0.25) is 0 Å². The molecule has 1 aromatic carbocycles. The van der Waals surface area contributed by atoms with Crippen molar-refractivity contribution in [3.8, 4) is 5.75 Å². The van der Waals surface area contributed by atoms with Gasteiger partial charge in [-0.3, -0.25) is 4.79 Å². The van der Waals surface area contributed by atoms with E-state index in [1.54, 1.807) is 0 Å². The Morgan fingerprint density at radius 3 is 2.52 bits per heavy atom. The van der Waals surface area contributed by atoms with Crippen LogP contribution in [-0.4, -0.2) is 31.4 Å². The molecule has 23 heavy (non-hydrogen) atoms. The lowest BCUT2D eigenvalue weighted by Crippen LogP contribution is -2.23. The van der Waals surface area contributed by atoms with E-state index < -0.39 is 47.1 Å². The van der Waals surface area contributed by atoms with Gasteiger partial charge in [-0.25, -0.2) is 13.6 Å². The van der Waals surface area contributed by atoms with E-state index in [4.69, 9.17) is 4.74 Å². The van der Waals surface area contributed by atoms with Crippen LogP contribution < -0.4 is 10.2 Å². The van der Waals surface area contributed by atoms with E-state index in [2.05, 4.69) is 4.74 Å². The summed E-state index contributed by atoms with van der Waals surface area (Å²) in [5.74, 6) is -4.10. The van der Waals surface area contributed by atoms with Crippen molar-refractivity contribution in [2.24, 2.45) is 0 Å². The maximum Gasteiger partial charge on any atom is 0.343 e. The molecule has 0 aliphatic carbocycles. The highest BCUT2D eigenvalue weighted by Crippen LogP contribution is 2.31. The number of aromatic nitrogens is 1. The number of hydrogen-bond donors (Lipinski definition) is 0. The van der Waals surface area contributed by atoms with Gasteiger partial charge in [0.1, 0.15) is 12.2 Å². The molecule has 1 heterocycles. The molecule has 2 aromatic rings. The zero-order valence-corrected chi connectivity index (χ0v) is 12.7. The molecule has 0 spiro atoms. The molecule has 0 bridgehead atoms. The smallest absolute Gasteiger partial charge is 0.343 e. The largest absolute Gasteiger partial charge is 0.491 e. The molecule has 2 rings (SSSR count). The number of fused-ring (bicyclic) bond motifs is 1. The van der Waals surface area contributed by atoms with E-state index in [0.717, 1.165) is 25.0 Å². The highest BCUT2D eigenvalue weighted by molar-refractivity contribution is 5.95. The SMILES string of the molecule is COC(=O)c1cn(C(C)CF)c2c(OC)c(F)c(F)cc2c1=O. The van der Waals surface area contributed by atoms with Crippen molar-refractivity contribution < 1.29 is 27.4 Å². The van der Waals surface area contributed by atoms with Crippen molar-refractivity contribution in [3.63, 3.8) is 0 Å². The summed E-state index contributed by atoms with van der Waals surface area (Å²) in [5, 5.41) is -0.302. The maximum atomic E-state index is 13.9. The number of esters is 1. The molecule has 1 aromatic heterocycles. The van der Waals surface area contributed by atoms with Crippen LogP contribution in [0.3, 0.4) is 0 Å². The number of carbonyl (C=O) groups excluding carboxylic acids is 1. The lowest BCUT2D eigenvalue weighted by molar-refractivity contribution is 0.0598. The van der Waals surface area contributed by atoms with Crippen LogP contribution in [-0.2, 0) is 4.74 Å². The molecule has 0 aliphatic rings. The molecule has 0 aliphatic heterocycles. The zero-order valence-electron chi connectivity index (χ0n) is 12.7. The molecule has 0 saturated heterocycles. The van der Waals surface area contributed by atoms with Crippen molar-refractivity contribution in [1.82, 2.24) is 4.57 Å². The standard InChI is InChI=1S/C15H14F3NO4/c1-7(5-16)19-6-9(15(21)23-3)13(20)8-4-10(17)11(18)14(22-2)12(8)19/h4,6-7H,5H2,1-3H3. The third-order valence-corrected chi connectivity index (χ3v) is 3.47. The van der Waals surface area contributed by atoms with Gasteiger partial charge in [-0.15, -0.1) is 0 Å². The first kappa shape index (κ1) is 16.9. The van der Waals surface area contributed by atoms with E-state index >= 15 is 0 Å². The average molecular weight is 329 g/mol. The first-order valence-electron chi connectivity index (χ1n) is 6.62. The summed E-state index contributed by atoms with van der Waals surface area (Å²) in [6.07, 6.45) is 1.06. The van der Waals surface area contributed by atoms with Crippen LogP contribution in [0.1, 0.15) is 23.3 Å². The van der Waals surface area contributed by atoms with Crippen molar-refractivity contribution in [2.45, 2.75) is 13.0 Å². The Morgan fingerprint density at radius 2 is 2.00 bits per heavy atom. The molecule has 0 N–H and O–H groups in total. The Labute approximate surface area is 129 Å². The number of hydrogen-bond acceptors (Lipinski definition) is 4. The first-order valence-corrected chi connectivity index (χ1v) is 6.62. The van der Waals surface area contributed by atoms with Crippen LogP contribution in [0.15, 0.2) is 17.1 Å². The van der Waals surface area contributed by atoms with Gasteiger partial charge in [-0.2, -0.15) is 4.39 Å². The summed E-state index contributed by atoms with van der Waals surface area (Å²) >= 11 is 0. The molecule has 0 radical (unpaired) electrons. The fourth-order valence-corrected chi connectivity index (χ4v) is 2.29. The number of methoxy groups -OCH3 is 2. The predicted molar refractivity (Wildman–Crippen MR) is 76.7 cm³/mol. The fraction of sp³-hybridized carbons (Fsp3) is 0.333. The lowest BCUT2D eigenvalue weighted by atomic mass is 10.1. The van der Waals surface area contributed by atoms with Gasteiger partial charge in [0.2, 0.25) is 11.2 Å². The molecule has 124 valence electrons. The van der Waals surface area contributed by atoms with Gasteiger partial charge >= 0.3 is 5.97 Å². The predicted octanol–water partition coefficient (Wildman–Crippen LogP) is 2.61.